The van der Waals surface area contributed by atoms with Gasteiger partial charge in [-0.15, -0.1) is 0 Å². The van der Waals surface area contributed by atoms with Crippen molar-refractivity contribution < 1.29 is 4.74 Å². The second-order valence-corrected chi connectivity index (χ2v) is 5.47. The first-order chi connectivity index (χ1) is 10.3. The maximum Gasteiger partial charge on any atom is 0.159 e. The normalized spacial score (nSPS) is 17.3. The molecule has 2 aromatic rings. The lowest BCUT2D eigenvalue weighted by molar-refractivity contribution is 0.317. The highest BCUT2D eigenvalue weighted by Gasteiger charge is 2.19. The Balaban J connectivity index is 1.83. The summed E-state index contributed by atoms with van der Waals surface area (Å²) >= 11 is 0. The molecule has 110 valence electrons. The van der Waals surface area contributed by atoms with Gasteiger partial charge < -0.3 is 10.5 Å². The summed E-state index contributed by atoms with van der Waals surface area (Å²) in [5, 5.41) is 0. The fraction of sp³-hybridized carbons (Fsp3) is 0.412. The van der Waals surface area contributed by atoms with E-state index in [2.05, 4.69) is 11.9 Å². The molecule has 0 saturated heterocycles. The topological polar surface area (TPSA) is 61.0 Å². The number of aryl methyl sites for hydroxylation is 1. The van der Waals surface area contributed by atoms with Crippen molar-refractivity contribution in [2.75, 3.05) is 6.61 Å². The number of hydrogen-bond acceptors (Lipinski definition) is 4. The molecule has 0 aliphatic heterocycles. The molecule has 1 atom stereocenters. The zero-order chi connectivity index (χ0) is 14.7. The summed E-state index contributed by atoms with van der Waals surface area (Å²) < 4.78 is 5.59. The molecule has 1 heterocycles. The van der Waals surface area contributed by atoms with E-state index >= 15 is 0 Å². The Kier molecular flexibility index (Phi) is 4.15. The number of benzene rings is 1. The Labute approximate surface area is 125 Å². The van der Waals surface area contributed by atoms with Crippen molar-refractivity contribution in [2.24, 2.45) is 5.73 Å². The lowest BCUT2D eigenvalue weighted by Crippen LogP contribution is -2.19. The van der Waals surface area contributed by atoms with Crippen LogP contribution >= 0.6 is 0 Å². The van der Waals surface area contributed by atoms with Gasteiger partial charge in [0.2, 0.25) is 0 Å². The number of fused-ring (bicyclic) bond motifs is 1. The van der Waals surface area contributed by atoms with Gasteiger partial charge in [-0.25, -0.2) is 9.97 Å². The Morgan fingerprint density at radius 2 is 2.10 bits per heavy atom. The summed E-state index contributed by atoms with van der Waals surface area (Å²) in [6.07, 6.45) is 6.03. The van der Waals surface area contributed by atoms with E-state index in [1.165, 1.54) is 0 Å². The van der Waals surface area contributed by atoms with Crippen molar-refractivity contribution in [3.63, 3.8) is 0 Å². The van der Waals surface area contributed by atoms with Crippen LogP contribution in [0.5, 0.6) is 5.75 Å². The number of ether oxygens (including phenoxy) is 1. The van der Waals surface area contributed by atoms with E-state index in [9.17, 15) is 0 Å². The molecule has 1 aliphatic carbocycles. The lowest BCUT2D eigenvalue weighted by atomic mass is 9.93. The van der Waals surface area contributed by atoms with Gasteiger partial charge >= 0.3 is 0 Å². The molecule has 0 spiro atoms. The Hall–Kier alpha value is -1.94. The van der Waals surface area contributed by atoms with E-state index < -0.39 is 0 Å². The summed E-state index contributed by atoms with van der Waals surface area (Å²) in [4.78, 5) is 9.17. The highest BCUT2D eigenvalue weighted by molar-refractivity contribution is 5.56. The summed E-state index contributed by atoms with van der Waals surface area (Å²) in [7, 11) is 0. The molecular formula is C17H21N3O. The van der Waals surface area contributed by atoms with Crippen LogP contribution in [0.3, 0.4) is 0 Å². The summed E-state index contributed by atoms with van der Waals surface area (Å²) in [6, 6.07) is 8.05. The predicted molar refractivity (Wildman–Crippen MR) is 83.1 cm³/mol. The van der Waals surface area contributed by atoms with Crippen LogP contribution in [0.25, 0.3) is 11.4 Å². The molecule has 4 nitrogen and oxygen atoms in total. The lowest BCUT2D eigenvalue weighted by Gasteiger charge is -2.21. The van der Waals surface area contributed by atoms with Crippen molar-refractivity contribution in [2.45, 2.75) is 38.6 Å². The van der Waals surface area contributed by atoms with Crippen LogP contribution in [0, 0.1) is 0 Å². The fourth-order valence-electron chi connectivity index (χ4n) is 2.64. The monoisotopic (exact) mass is 283 g/mol. The highest BCUT2D eigenvalue weighted by Crippen LogP contribution is 2.28. The first kappa shape index (κ1) is 14.0. The van der Waals surface area contributed by atoms with Gasteiger partial charge in [-0.2, -0.15) is 0 Å². The van der Waals surface area contributed by atoms with Crippen LogP contribution < -0.4 is 10.5 Å². The Bertz CT molecular complexity index is 610. The van der Waals surface area contributed by atoms with Gasteiger partial charge in [0, 0.05) is 29.1 Å². The molecule has 0 amide bonds. The Morgan fingerprint density at radius 1 is 1.29 bits per heavy atom. The third-order valence-electron chi connectivity index (χ3n) is 3.81. The van der Waals surface area contributed by atoms with Crippen LogP contribution in [0.4, 0.5) is 0 Å². The summed E-state index contributed by atoms with van der Waals surface area (Å²) in [5.74, 6) is 1.66. The molecule has 0 bridgehead atoms. The largest absolute Gasteiger partial charge is 0.494 e. The molecule has 2 N–H and O–H groups in total. The van der Waals surface area contributed by atoms with Gasteiger partial charge in [-0.3, -0.25) is 0 Å². The molecular weight excluding hydrogens is 262 g/mol. The smallest absolute Gasteiger partial charge is 0.159 e. The van der Waals surface area contributed by atoms with E-state index in [0.717, 1.165) is 60.7 Å². The van der Waals surface area contributed by atoms with E-state index in [1.807, 2.05) is 30.5 Å². The van der Waals surface area contributed by atoms with E-state index in [-0.39, 0.29) is 6.04 Å². The molecule has 0 radical (unpaired) electrons. The highest BCUT2D eigenvalue weighted by atomic mass is 16.5. The number of hydrogen-bond donors (Lipinski definition) is 1. The van der Waals surface area contributed by atoms with Crippen LogP contribution in [0.1, 0.15) is 43.5 Å². The fourth-order valence-corrected chi connectivity index (χ4v) is 2.64. The Morgan fingerprint density at radius 3 is 2.86 bits per heavy atom. The minimum absolute atomic E-state index is 0.0904. The predicted octanol–water partition coefficient (Wildman–Crippen LogP) is 3.27. The third-order valence-corrected chi connectivity index (χ3v) is 3.81. The van der Waals surface area contributed by atoms with Crippen molar-refractivity contribution in [1.29, 1.82) is 0 Å². The average molecular weight is 283 g/mol. The standard InChI is InChI=1S/C17H21N3O/c1-2-10-21-13-8-6-12(7-9-13)17-19-11-14-15(18)4-3-5-16(14)20-17/h6-9,11,15H,2-5,10,18H2,1H3. The summed E-state index contributed by atoms with van der Waals surface area (Å²) in [5.41, 5.74) is 9.33. The molecule has 1 aromatic heterocycles. The second-order valence-electron chi connectivity index (χ2n) is 5.47. The van der Waals surface area contributed by atoms with Crippen LogP contribution in [0.2, 0.25) is 0 Å². The molecule has 0 fully saturated rings. The molecule has 0 saturated carbocycles. The first-order valence-electron chi connectivity index (χ1n) is 7.62. The molecule has 1 unspecified atom stereocenters. The molecule has 1 aromatic carbocycles. The van der Waals surface area contributed by atoms with Crippen LogP contribution in [-0.4, -0.2) is 16.6 Å². The van der Waals surface area contributed by atoms with Crippen molar-refractivity contribution in [3.8, 4) is 17.1 Å². The SMILES string of the molecule is CCCOc1ccc(-c2ncc3c(n2)CCCC3N)cc1. The maximum absolute atomic E-state index is 6.10. The van der Waals surface area contributed by atoms with Crippen molar-refractivity contribution >= 4 is 0 Å². The zero-order valence-electron chi connectivity index (χ0n) is 12.4. The number of nitrogens with two attached hydrogens (primary N) is 1. The van der Waals surface area contributed by atoms with Gasteiger partial charge in [0.25, 0.3) is 0 Å². The van der Waals surface area contributed by atoms with E-state index in [0.29, 0.717) is 0 Å². The number of rotatable bonds is 4. The first-order valence-corrected chi connectivity index (χ1v) is 7.62. The van der Waals surface area contributed by atoms with E-state index in [1.54, 1.807) is 0 Å². The molecule has 4 heteroatoms. The third kappa shape index (κ3) is 3.05. The van der Waals surface area contributed by atoms with Gasteiger partial charge in [0.05, 0.1) is 6.61 Å². The van der Waals surface area contributed by atoms with Crippen molar-refractivity contribution in [1.82, 2.24) is 9.97 Å². The molecule has 1 aliphatic rings. The number of nitrogens with zero attached hydrogens (tertiary/aromatic N) is 2. The van der Waals surface area contributed by atoms with Crippen LogP contribution in [-0.2, 0) is 6.42 Å². The minimum atomic E-state index is 0.0904. The molecule has 3 rings (SSSR count). The number of aromatic nitrogens is 2. The van der Waals surface area contributed by atoms with Crippen molar-refractivity contribution in [3.05, 3.63) is 41.7 Å². The zero-order valence-corrected chi connectivity index (χ0v) is 12.4. The van der Waals surface area contributed by atoms with E-state index in [4.69, 9.17) is 15.5 Å². The van der Waals surface area contributed by atoms with Gasteiger partial charge in [-0.1, -0.05) is 6.92 Å². The minimum Gasteiger partial charge on any atom is -0.494 e. The maximum atomic E-state index is 6.10. The average Bonchev–Trinajstić information content (AvgIpc) is 2.53. The quantitative estimate of drug-likeness (QED) is 0.935. The van der Waals surface area contributed by atoms with Gasteiger partial charge in [0.15, 0.2) is 5.82 Å². The van der Waals surface area contributed by atoms with Gasteiger partial charge in [-0.05, 0) is 49.9 Å². The van der Waals surface area contributed by atoms with Crippen LogP contribution in [0.15, 0.2) is 30.5 Å². The summed E-state index contributed by atoms with van der Waals surface area (Å²) in [6.45, 7) is 2.84. The second kappa shape index (κ2) is 6.22. The van der Waals surface area contributed by atoms with Gasteiger partial charge in [0.1, 0.15) is 5.75 Å². The molecule has 21 heavy (non-hydrogen) atoms.